The van der Waals surface area contributed by atoms with E-state index >= 15 is 0 Å². The molecular formula is C19H26N4O2. The lowest BCUT2D eigenvalue weighted by atomic mass is 10.1. The Labute approximate surface area is 149 Å². The standard InChI is InChI=1S/C19H26N4O2/c1-13(2)12-23-14(3)9-16(15(23)4)10-17(11-20)19(25)22-7-5-18(24)21-6-8-22/h9-10,13H,5-8,12H2,1-4H3,(H,21,24)/b17-10+. The molecule has 0 radical (unpaired) electrons. The van der Waals surface area contributed by atoms with E-state index < -0.39 is 0 Å². The second-order valence-electron chi connectivity index (χ2n) is 6.89. The third kappa shape index (κ3) is 4.50. The largest absolute Gasteiger partial charge is 0.354 e. The average molecular weight is 342 g/mol. The zero-order valence-electron chi connectivity index (χ0n) is 15.4. The molecular weight excluding hydrogens is 316 g/mol. The van der Waals surface area contributed by atoms with E-state index in [1.54, 1.807) is 11.0 Å². The maximum Gasteiger partial charge on any atom is 0.264 e. The van der Waals surface area contributed by atoms with Crippen LogP contribution in [0.25, 0.3) is 6.08 Å². The van der Waals surface area contributed by atoms with Crippen molar-refractivity contribution < 1.29 is 9.59 Å². The van der Waals surface area contributed by atoms with Gasteiger partial charge in [0.2, 0.25) is 5.91 Å². The molecule has 2 rings (SSSR count). The quantitative estimate of drug-likeness (QED) is 0.672. The molecule has 1 aliphatic heterocycles. The van der Waals surface area contributed by atoms with Gasteiger partial charge in [-0.1, -0.05) is 13.8 Å². The van der Waals surface area contributed by atoms with E-state index in [0.717, 1.165) is 23.5 Å². The first-order valence-corrected chi connectivity index (χ1v) is 8.68. The normalized spacial score (nSPS) is 15.8. The number of amides is 2. The minimum absolute atomic E-state index is 0.0602. The lowest BCUT2D eigenvalue weighted by molar-refractivity contribution is -0.126. The van der Waals surface area contributed by atoms with Crippen molar-refractivity contribution >= 4 is 17.9 Å². The molecule has 0 bridgehead atoms. The number of nitrogens with one attached hydrogen (secondary N) is 1. The zero-order valence-corrected chi connectivity index (χ0v) is 15.4. The molecule has 0 atom stereocenters. The Kier molecular flexibility index (Phi) is 6.02. The molecule has 0 aliphatic carbocycles. The summed E-state index contributed by atoms with van der Waals surface area (Å²) < 4.78 is 2.21. The van der Waals surface area contributed by atoms with Crippen LogP contribution in [0.3, 0.4) is 0 Å². The van der Waals surface area contributed by atoms with E-state index in [0.29, 0.717) is 25.6 Å². The SMILES string of the molecule is Cc1cc(/C=C(\C#N)C(=O)N2CCNC(=O)CC2)c(C)n1CC(C)C. The second-order valence-corrected chi connectivity index (χ2v) is 6.89. The van der Waals surface area contributed by atoms with Gasteiger partial charge < -0.3 is 14.8 Å². The number of carbonyl (C=O) groups excluding carboxylic acids is 2. The maximum atomic E-state index is 12.7. The van der Waals surface area contributed by atoms with Gasteiger partial charge in [-0.2, -0.15) is 5.26 Å². The van der Waals surface area contributed by atoms with Gasteiger partial charge in [-0.3, -0.25) is 9.59 Å². The average Bonchev–Trinajstić information content (AvgIpc) is 2.73. The number of rotatable bonds is 4. The lowest BCUT2D eigenvalue weighted by Crippen LogP contribution is -2.34. The fraction of sp³-hybridized carbons (Fsp3) is 0.526. The third-order valence-corrected chi connectivity index (χ3v) is 4.41. The highest BCUT2D eigenvalue weighted by Crippen LogP contribution is 2.20. The fourth-order valence-electron chi connectivity index (χ4n) is 3.06. The van der Waals surface area contributed by atoms with Crippen molar-refractivity contribution in [1.82, 2.24) is 14.8 Å². The molecule has 2 amide bonds. The van der Waals surface area contributed by atoms with Crippen LogP contribution in [0.1, 0.15) is 37.2 Å². The molecule has 134 valence electrons. The number of aromatic nitrogens is 1. The van der Waals surface area contributed by atoms with Crippen molar-refractivity contribution in [2.75, 3.05) is 19.6 Å². The van der Waals surface area contributed by atoms with Gasteiger partial charge in [-0.05, 0) is 37.5 Å². The smallest absolute Gasteiger partial charge is 0.264 e. The molecule has 1 N–H and O–H groups in total. The first-order valence-electron chi connectivity index (χ1n) is 8.68. The number of aryl methyl sites for hydroxylation is 1. The molecule has 0 saturated carbocycles. The molecule has 1 fully saturated rings. The molecule has 1 saturated heterocycles. The summed E-state index contributed by atoms with van der Waals surface area (Å²) in [7, 11) is 0. The van der Waals surface area contributed by atoms with Crippen LogP contribution in [0, 0.1) is 31.1 Å². The van der Waals surface area contributed by atoms with Crippen molar-refractivity contribution in [2.45, 2.75) is 40.7 Å². The number of nitrogens with zero attached hydrogens (tertiary/aromatic N) is 3. The number of nitriles is 1. The molecule has 0 aromatic carbocycles. The highest BCUT2D eigenvalue weighted by atomic mass is 16.2. The fourth-order valence-corrected chi connectivity index (χ4v) is 3.06. The van der Waals surface area contributed by atoms with Gasteiger partial charge in [0.05, 0.1) is 0 Å². The first-order chi connectivity index (χ1) is 11.8. The van der Waals surface area contributed by atoms with Crippen molar-refractivity contribution in [3.05, 3.63) is 28.6 Å². The van der Waals surface area contributed by atoms with Crippen LogP contribution in [0.5, 0.6) is 0 Å². The van der Waals surface area contributed by atoms with Gasteiger partial charge in [-0.15, -0.1) is 0 Å². The predicted octanol–water partition coefficient (Wildman–Crippen LogP) is 2.02. The van der Waals surface area contributed by atoms with E-state index in [2.05, 4.69) is 23.7 Å². The summed E-state index contributed by atoms with van der Waals surface area (Å²) in [5.41, 5.74) is 3.18. The Morgan fingerprint density at radius 1 is 1.40 bits per heavy atom. The summed E-state index contributed by atoms with van der Waals surface area (Å²) in [6.07, 6.45) is 1.94. The highest BCUT2D eigenvalue weighted by Gasteiger charge is 2.22. The molecule has 0 unspecified atom stereocenters. The van der Waals surface area contributed by atoms with Crippen molar-refractivity contribution in [3.63, 3.8) is 0 Å². The molecule has 0 spiro atoms. The second kappa shape index (κ2) is 8.02. The molecule has 1 aliphatic rings. The third-order valence-electron chi connectivity index (χ3n) is 4.41. The Morgan fingerprint density at radius 2 is 2.12 bits per heavy atom. The van der Waals surface area contributed by atoms with E-state index in [4.69, 9.17) is 0 Å². The Balaban J connectivity index is 2.27. The molecule has 25 heavy (non-hydrogen) atoms. The number of hydrogen-bond acceptors (Lipinski definition) is 3. The van der Waals surface area contributed by atoms with Crippen LogP contribution < -0.4 is 5.32 Å². The predicted molar refractivity (Wildman–Crippen MR) is 96.5 cm³/mol. The van der Waals surface area contributed by atoms with Crippen molar-refractivity contribution in [2.24, 2.45) is 5.92 Å². The summed E-state index contributed by atoms with van der Waals surface area (Å²) >= 11 is 0. The van der Waals surface area contributed by atoms with E-state index in [9.17, 15) is 14.9 Å². The Hall–Kier alpha value is -2.55. The highest BCUT2D eigenvalue weighted by molar-refractivity contribution is 6.02. The molecule has 6 heteroatoms. The van der Waals surface area contributed by atoms with Crippen LogP contribution in [0.15, 0.2) is 11.6 Å². The first kappa shape index (κ1) is 18.8. The topological polar surface area (TPSA) is 78.1 Å². The molecule has 1 aromatic rings. The van der Waals surface area contributed by atoms with Crippen LogP contribution in [0.4, 0.5) is 0 Å². The van der Waals surface area contributed by atoms with Crippen LogP contribution >= 0.6 is 0 Å². The van der Waals surface area contributed by atoms with Gasteiger partial charge in [0.25, 0.3) is 5.91 Å². The van der Waals surface area contributed by atoms with Crippen LogP contribution in [-0.4, -0.2) is 40.9 Å². The van der Waals surface area contributed by atoms with Gasteiger partial charge in [0.1, 0.15) is 11.6 Å². The van der Waals surface area contributed by atoms with Gasteiger partial charge in [0, 0.05) is 44.0 Å². The maximum absolute atomic E-state index is 12.7. The van der Waals surface area contributed by atoms with E-state index in [-0.39, 0.29) is 23.8 Å². The summed E-state index contributed by atoms with van der Waals surface area (Å²) in [4.78, 5) is 25.7. The summed E-state index contributed by atoms with van der Waals surface area (Å²) in [5.74, 6) is 0.142. The minimum atomic E-state index is -0.312. The van der Waals surface area contributed by atoms with Crippen molar-refractivity contribution in [1.29, 1.82) is 5.26 Å². The molecule has 2 heterocycles. The van der Waals surface area contributed by atoms with Crippen LogP contribution in [0.2, 0.25) is 0 Å². The van der Waals surface area contributed by atoms with Crippen molar-refractivity contribution in [3.8, 4) is 6.07 Å². The summed E-state index contributed by atoms with van der Waals surface area (Å²) in [6, 6.07) is 4.04. The monoisotopic (exact) mass is 342 g/mol. The van der Waals surface area contributed by atoms with Gasteiger partial charge in [0.15, 0.2) is 0 Å². The molecule has 1 aromatic heterocycles. The number of carbonyl (C=O) groups is 2. The van der Waals surface area contributed by atoms with Gasteiger partial charge >= 0.3 is 0 Å². The molecule has 6 nitrogen and oxygen atoms in total. The summed E-state index contributed by atoms with van der Waals surface area (Å²) in [6.45, 7) is 10.5. The van der Waals surface area contributed by atoms with E-state index in [1.165, 1.54) is 0 Å². The Bertz CT molecular complexity index is 737. The Morgan fingerprint density at radius 3 is 2.76 bits per heavy atom. The van der Waals surface area contributed by atoms with Gasteiger partial charge in [-0.25, -0.2) is 0 Å². The zero-order chi connectivity index (χ0) is 18.6. The van der Waals surface area contributed by atoms with Crippen LogP contribution in [-0.2, 0) is 16.1 Å². The lowest BCUT2D eigenvalue weighted by Gasteiger charge is -2.18. The minimum Gasteiger partial charge on any atom is -0.354 e. The summed E-state index contributed by atoms with van der Waals surface area (Å²) in [5, 5.41) is 12.2. The number of hydrogen-bond donors (Lipinski definition) is 1. The van der Waals surface area contributed by atoms with E-state index in [1.807, 2.05) is 26.0 Å².